The number of aliphatic hydroxyl groups excluding tert-OH is 1. The molecule has 2 aliphatic rings. The minimum Gasteiger partial charge on any atom is -0.459 e. The summed E-state index contributed by atoms with van der Waals surface area (Å²) in [4.78, 5) is 32.9. The molecule has 0 saturated carbocycles. The maximum atomic E-state index is 12.0. The summed E-state index contributed by atoms with van der Waals surface area (Å²) >= 11 is 5.12. The first-order chi connectivity index (χ1) is 15.6. The van der Waals surface area contributed by atoms with Crippen LogP contribution in [0.25, 0.3) is 11.2 Å². The van der Waals surface area contributed by atoms with Gasteiger partial charge in [-0.05, 0) is 37.7 Å². The normalized spacial score (nSPS) is 27.5. The number of allylic oxidation sites excluding steroid dienone is 2. The van der Waals surface area contributed by atoms with Crippen molar-refractivity contribution in [2.24, 2.45) is 5.92 Å². The van der Waals surface area contributed by atoms with E-state index in [4.69, 9.17) is 31.8 Å². The molecule has 2 aromatic rings. The molecule has 180 valence electrons. The summed E-state index contributed by atoms with van der Waals surface area (Å²) in [5.41, 5.74) is 7.78. The van der Waals surface area contributed by atoms with Crippen LogP contribution in [-0.4, -0.2) is 54.9 Å². The van der Waals surface area contributed by atoms with Gasteiger partial charge in [-0.1, -0.05) is 18.2 Å². The van der Waals surface area contributed by atoms with Crippen molar-refractivity contribution in [3.05, 3.63) is 40.5 Å². The smallest absolute Gasteiger partial charge is 0.286 e. The molecule has 0 bridgehead atoms. The molecule has 1 saturated heterocycles. The first-order valence-electron chi connectivity index (χ1n) is 10.6. The molecule has 5 N–H and O–H groups in total. The zero-order valence-corrected chi connectivity index (χ0v) is 19.9. The van der Waals surface area contributed by atoms with Crippen LogP contribution in [0.1, 0.15) is 38.8 Å². The molecule has 0 radical (unpaired) electrons. The predicted molar refractivity (Wildman–Crippen MR) is 126 cm³/mol. The first-order valence-corrected chi connectivity index (χ1v) is 13.2. The molecule has 13 heteroatoms. The van der Waals surface area contributed by atoms with Gasteiger partial charge in [-0.3, -0.25) is 14.3 Å². The second kappa shape index (κ2) is 9.83. The number of imidazole rings is 1. The maximum Gasteiger partial charge on any atom is 0.286 e. The molecule has 33 heavy (non-hydrogen) atoms. The molecule has 1 fully saturated rings. The second-order valence-corrected chi connectivity index (χ2v) is 11.3. The van der Waals surface area contributed by atoms with Gasteiger partial charge in [0.1, 0.15) is 25.5 Å². The van der Waals surface area contributed by atoms with E-state index in [1.807, 2.05) is 6.92 Å². The third-order valence-corrected chi connectivity index (χ3v) is 7.55. The predicted octanol–water partition coefficient (Wildman–Crippen LogP) is 1.90. The number of anilines is 1. The largest absolute Gasteiger partial charge is 0.459 e. The standard InChI is InChI=1S/C20H28N5O6PS/c1-11(2)13-5-3-12(4-6-13)8-29-32(28,33)30-9-15-14(26)7-16(31-15)25-10-22-17-18(25)23-20(21)24-19(17)27/h3,10,13-16,26H,1,4-9H2,2H3,(H,28,33)(H3,21,23,24,27)/t13?,14-,15+,16+,32?/m0/s1. The van der Waals surface area contributed by atoms with Gasteiger partial charge in [0.25, 0.3) is 12.7 Å². The minimum atomic E-state index is -3.51. The summed E-state index contributed by atoms with van der Waals surface area (Å²) in [5, 5.41) is 10.4. The fourth-order valence-electron chi connectivity index (χ4n) is 4.03. The number of aromatic amines is 1. The van der Waals surface area contributed by atoms with E-state index in [1.165, 1.54) is 16.5 Å². The second-order valence-electron chi connectivity index (χ2n) is 8.43. The number of aliphatic hydroxyl groups is 1. The van der Waals surface area contributed by atoms with E-state index in [0.717, 1.165) is 24.8 Å². The number of nitrogens with zero attached hydrogens (tertiary/aromatic N) is 3. The molecular formula is C20H28N5O6PS. The number of rotatable bonds is 8. The van der Waals surface area contributed by atoms with Gasteiger partial charge in [-0.25, -0.2) is 9.88 Å². The van der Waals surface area contributed by atoms with Crippen molar-refractivity contribution >= 4 is 36.5 Å². The van der Waals surface area contributed by atoms with Crippen LogP contribution in [0, 0.1) is 5.92 Å². The lowest BCUT2D eigenvalue weighted by Gasteiger charge is -2.26. The van der Waals surface area contributed by atoms with E-state index in [1.54, 1.807) is 0 Å². The molecule has 3 heterocycles. The van der Waals surface area contributed by atoms with Gasteiger partial charge < -0.3 is 27.8 Å². The molecule has 1 aliphatic carbocycles. The fourth-order valence-corrected chi connectivity index (χ4v) is 5.11. The third-order valence-electron chi connectivity index (χ3n) is 5.98. The van der Waals surface area contributed by atoms with Crippen LogP contribution in [0.2, 0.25) is 0 Å². The fraction of sp³-hybridized carbons (Fsp3) is 0.550. The summed E-state index contributed by atoms with van der Waals surface area (Å²) < 4.78 is 18.3. The van der Waals surface area contributed by atoms with Gasteiger partial charge in [-0.2, -0.15) is 14.0 Å². The Kier molecular flexibility index (Phi) is 7.25. The number of nitrogens with one attached hydrogen (secondary N) is 1. The Balaban J connectivity index is 1.32. The first kappa shape index (κ1) is 24.3. The Morgan fingerprint density at radius 1 is 1.52 bits per heavy atom. The number of H-pyrrole nitrogens is 1. The van der Waals surface area contributed by atoms with Crippen LogP contribution in [0.4, 0.5) is 5.95 Å². The lowest BCUT2D eigenvalue weighted by molar-refractivity contribution is -0.0410. The zero-order valence-electron chi connectivity index (χ0n) is 18.2. The Morgan fingerprint density at radius 2 is 2.30 bits per heavy atom. The molecule has 0 aromatic carbocycles. The molecule has 2 aromatic heterocycles. The number of nitrogens with two attached hydrogens (primary N) is 1. The van der Waals surface area contributed by atoms with E-state index in [2.05, 4.69) is 27.6 Å². The van der Waals surface area contributed by atoms with Gasteiger partial charge in [0.05, 0.1) is 12.4 Å². The van der Waals surface area contributed by atoms with Crippen molar-refractivity contribution in [3.8, 4) is 0 Å². The highest BCUT2D eigenvalue weighted by Crippen LogP contribution is 2.55. The van der Waals surface area contributed by atoms with Gasteiger partial charge in [-0.15, -0.1) is 0 Å². The number of hydrogen-bond acceptors (Lipinski definition) is 10. The van der Waals surface area contributed by atoms with Crippen molar-refractivity contribution in [2.45, 2.75) is 51.0 Å². The topological polar surface area (TPSA) is 158 Å². The van der Waals surface area contributed by atoms with Crippen LogP contribution in [-0.2, 0) is 26.0 Å². The van der Waals surface area contributed by atoms with E-state index in [0.29, 0.717) is 5.92 Å². The molecule has 5 atom stereocenters. The van der Waals surface area contributed by atoms with Crippen LogP contribution in [0.15, 0.2) is 34.9 Å². The van der Waals surface area contributed by atoms with E-state index in [-0.39, 0.29) is 36.7 Å². The molecular weight excluding hydrogens is 469 g/mol. The lowest BCUT2D eigenvalue weighted by atomic mass is 9.86. The summed E-state index contributed by atoms with van der Waals surface area (Å²) in [6, 6.07) is 0. The van der Waals surface area contributed by atoms with Crippen molar-refractivity contribution in [1.29, 1.82) is 0 Å². The Labute approximate surface area is 196 Å². The zero-order chi connectivity index (χ0) is 23.8. The summed E-state index contributed by atoms with van der Waals surface area (Å²) in [5.74, 6) is 0.433. The monoisotopic (exact) mass is 497 g/mol. The van der Waals surface area contributed by atoms with E-state index in [9.17, 15) is 14.8 Å². The van der Waals surface area contributed by atoms with E-state index < -0.39 is 31.1 Å². The van der Waals surface area contributed by atoms with Crippen molar-refractivity contribution < 1.29 is 23.8 Å². The van der Waals surface area contributed by atoms with Crippen LogP contribution < -0.4 is 11.3 Å². The number of aromatic nitrogens is 4. The highest BCUT2D eigenvalue weighted by atomic mass is 32.7. The Morgan fingerprint density at radius 3 is 3.00 bits per heavy atom. The molecule has 0 amide bonds. The van der Waals surface area contributed by atoms with Crippen molar-refractivity contribution in [2.75, 3.05) is 18.9 Å². The van der Waals surface area contributed by atoms with Crippen molar-refractivity contribution in [3.63, 3.8) is 0 Å². The summed E-state index contributed by atoms with van der Waals surface area (Å²) in [6.07, 6.45) is 4.20. The quantitative estimate of drug-likeness (QED) is 0.241. The number of ether oxygens (including phenoxy) is 1. The Hall–Kier alpha value is -1.79. The number of hydrogen-bond donors (Lipinski definition) is 4. The number of nitrogen functional groups attached to an aromatic ring is 1. The molecule has 2 unspecified atom stereocenters. The number of fused-ring (bicyclic) bond motifs is 1. The highest BCUT2D eigenvalue weighted by Gasteiger charge is 2.39. The van der Waals surface area contributed by atoms with Gasteiger partial charge in [0, 0.05) is 6.42 Å². The van der Waals surface area contributed by atoms with Crippen molar-refractivity contribution in [1.82, 2.24) is 19.5 Å². The van der Waals surface area contributed by atoms with Gasteiger partial charge >= 0.3 is 0 Å². The van der Waals surface area contributed by atoms with Gasteiger partial charge in [0.15, 0.2) is 11.2 Å². The van der Waals surface area contributed by atoms with Crippen LogP contribution in [0.3, 0.4) is 0 Å². The molecule has 1 aliphatic heterocycles. The van der Waals surface area contributed by atoms with Gasteiger partial charge in [0.2, 0.25) is 5.95 Å². The third kappa shape index (κ3) is 5.65. The van der Waals surface area contributed by atoms with E-state index >= 15 is 0 Å². The highest BCUT2D eigenvalue weighted by molar-refractivity contribution is 8.35. The minimum absolute atomic E-state index is 0.0472. The molecule has 11 nitrogen and oxygen atoms in total. The summed E-state index contributed by atoms with van der Waals surface area (Å²) in [6.45, 7) is 6.10. The average molecular weight is 498 g/mol. The molecule has 4 rings (SSSR count). The van der Waals surface area contributed by atoms with Crippen LogP contribution >= 0.6 is 7.15 Å². The average Bonchev–Trinajstić information content (AvgIpc) is 3.34. The maximum absolute atomic E-state index is 12.0. The lowest BCUT2D eigenvalue weighted by Crippen LogP contribution is -2.26. The molecule has 0 spiro atoms. The van der Waals surface area contributed by atoms with Crippen LogP contribution in [0.5, 0.6) is 0 Å². The Bertz CT molecular complexity index is 1120. The summed E-state index contributed by atoms with van der Waals surface area (Å²) in [7, 11) is -3.51. The SMILES string of the molecule is C=C(C)C1CC=C(CO[P+](O)([S-])OC[C@H]2O[C@@H](n3cnc4c(=O)[nH]c(N)nc43)C[C@@H]2O)CC1.